The maximum atomic E-state index is 12.8. The van der Waals surface area contributed by atoms with Crippen LogP contribution in [0.15, 0.2) is 12.1 Å². The zero-order valence-electron chi connectivity index (χ0n) is 16.4. The monoisotopic (exact) mass is 398 g/mol. The fraction of sp³-hybridized carbons (Fsp3) is 0.263. The van der Waals surface area contributed by atoms with E-state index in [0.29, 0.717) is 0 Å². The summed E-state index contributed by atoms with van der Waals surface area (Å²) in [6.07, 6.45) is 0. The minimum atomic E-state index is -0.968. The number of rotatable bonds is 3. The van der Waals surface area contributed by atoms with Crippen LogP contribution in [0.1, 0.15) is 52.2 Å². The Morgan fingerprint density at radius 3 is 2.14 bits per heavy atom. The van der Waals surface area contributed by atoms with Gasteiger partial charge in [-0.1, -0.05) is 0 Å². The summed E-state index contributed by atoms with van der Waals surface area (Å²) < 4.78 is 4.65. The smallest absolute Gasteiger partial charge is 0.354 e. The normalized spacial score (nSPS) is 12.2. The van der Waals surface area contributed by atoms with Crippen molar-refractivity contribution in [3.63, 3.8) is 0 Å². The highest BCUT2D eigenvalue weighted by Crippen LogP contribution is 2.36. The lowest BCUT2D eigenvalue weighted by Gasteiger charge is -2.21. The number of esters is 1. The number of aromatic nitrogens is 2. The van der Waals surface area contributed by atoms with Crippen molar-refractivity contribution in [1.82, 2.24) is 19.8 Å². The van der Waals surface area contributed by atoms with Crippen molar-refractivity contribution >= 4 is 29.4 Å². The topological polar surface area (TPSA) is 130 Å². The third-order valence-corrected chi connectivity index (χ3v) is 4.42. The van der Waals surface area contributed by atoms with Crippen molar-refractivity contribution < 1.29 is 28.7 Å². The molecule has 29 heavy (non-hydrogen) atoms. The second kappa shape index (κ2) is 6.97. The van der Waals surface area contributed by atoms with Gasteiger partial charge in [0, 0.05) is 33.8 Å². The van der Waals surface area contributed by atoms with Crippen LogP contribution in [0, 0.1) is 0 Å². The highest BCUT2D eigenvalue weighted by atomic mass is 16.5. The summed E-state index contributed by atoms with van der Waals surface area (Å²) in [7, 11) is 7.18. The Labute approximate surface area is 165 Å². The van der Waals surface area contributed by atoms with E-state index in [1.807, 2.05) is 0 Å². The third kappa shape index (κ3) is 3.08. The number of pyridine rings is 1. The standard InChI is InChI=1S/C19H18N4O6/c1-22(2)17(26)8-6-10(18(27)23(3)4)20-14-12(8)13-9(15(24)16(14)25)7-11(21-13)19(28)29-5/h6-7,21H,1-5H3. The molecule has 10 nitrogen and oxygen atoms in total. The zero-order chi connectivity index (χ0) is 21.6. The van der Waals surface area contributed by atoms with Crippen LogP contribution in [0.25, 0.3) is 11.3 Å². The van der Waals surface area contributed by atoms with E-state index in [1.54, 1.807) is 0 Å². The number of Topliss-reactive ketones (excluding diaryl/α,β-unsaturated/α-hetero) is 2. The van der Waals surface area contributed by atoms with Crippen LogP contribution in [0.5, 0.6) is 0 Å². The Bertz CT molecular complexity index is 1100. The van der Waals surface area contributed by atoms with Crippen LogP contribution >= 0.6 is 0 Å². The molecule has 0 bridgehead atoms. The molecule has 10 heteroatoms. The van der Waals surface area contributed by atoms with Gasteiger partial charge in [-0.15, -0.1) is 0 Å². The minimum Gasteiger partial charge on any atom is -0.464 e. The second-order valence-corrected chi connectivity index (χ2v) is 6.80. The first-order valence-electron chi connectivity index (χ1n) is 8.47. The number of hydrogen-bond acceptors (Lipinski definition) is 7. The summed E-state index contributed by atoms with van der Waals surface area (Å²) in [4.78, 5) is 71.8. The number of ketones is 2. The van der Waals surface area contributed by atoms with Gasteiger partial charge in [-0.2, -0.15) is 0 Å². The highest BCUT2D eigenvalue weighted by Gasteiger charge is 2.38. The molecule has 2 heterocycles. The second-order valence-electron chi connectivity index (χ2n) is 6.80. The highest BCUT2D eigenvalue weighted by molar-refractivity contribution is 6.53. The van der Waals surface area contributed by atoms with Crippen LogP contribution < -0.4 is 0 Å². The van der Waals surface area contributed by atoms with E-state index >= 15 is 0 Å². The third-order valence-electron chi connectivity index (χ3n) is 4.42. The van der Waals surface area contributed by atoms with E-state index < -0.39 is 29.4 Å². The Kier molecular flexibility index (Phi) is 4.79. The van der Waals surface area contributed by atoms with E-state index in [0.717, 1.165) is 0 Å². The van der Waals surface area contributed by atoms with Crippen molar-refractivity contribution in [3.8, 4) is 11.3 Å². The van der Waals surface area contributed by atoms with Crippen LogP contribution in [-0.2, 0) is 4.74 Å². The van der Waals surface area contributed by atoms with Gasteiger partial charge in [0.1, 0.15) is 17.1 Å². The molecule has 0 aliphatic heterocycles. The van der Waals surface area contributed by atoms with Gasteiger partial charge in [0.25, 0.3) is 17.6 Å². The molecule has 1 aliphatic rings. The quantitative estimate of drug-likeness (QED) is 0.593. The summed E-state index contributed by atoms with van der Waals surface area (Å²) in [5.41, 5.74) is -0.416. The van der Waals surface area contributed by atoms with Gasteiger partial charge in [0.15, 0.2) is 0 Å². The molecular formula is C19H18N4O6. The van der Waals surface area contributed by atoms with E-state index in [-0.39, 0.29) is 39.5 Å². The molecule has 0 aromatic carbocycles. The van der Waals surface area contributed by atoms with Gasteiger partial charge >= 0.3 is 5.97 Å². The number of aromatic amines is 1. The number of hydrogen-bond donors (Lipinski definition) is 1. The van der Waals surface area contributed by atoms with Crippen LogP contribution in [-0.4, -0.2) is 84.4 Å². The molecule has 0 fully saturated rings. The number of amides is 2. The van der Waals surface area contributed by atoms with Crippen molar-refractivity contribution in [2.75, 3.05) is 35.3 Å². The summed E-state index contributed by atoms with van der Waals surface area (Å²) in [6, 6.07) is 2.47. The van der Waals surface area contributed by atoms with E-state index in [2.05, 4.69) is 14.7 Å². The minimum absolute atomic E-state index is 0.00515. The average molecular weight is 398 g/mol. The molecule has 2 aromatic heterocycles. The predicted octanol–water partition coefficient (Wildman–Crippen LogP) is 0.646. The lowest BCUT2D eigenvalue weighted by atomic mass is 9.88. The zero-order valence-corrected chi connectivity index (χ0v) is 16.4. The maximum absolute atomic E-state index is 12.8. The fourth-order valence-electron chi connectivity index (χ4n) is 2.99. The van der Waals surface area contributed by atoms with Gasteiger partial charge in [-0.25, -0.2) is 9.78 Å². The molecule has 3 rings (SSSR count). The van der Waals surface area contributed by atoms with Crippen molar-refractivity contribution in [2.24, 2.45) is 0 Å². The molecule has 1 aliphatic carbocycles. The molecule has 150 valence electrons. The number of fused-ring (bicyclic) bond motifs is 3. The first-order chi connectivity index (χ1) is 13.6. The molecule has 2 aromatic rings. The first-order valence-corrected chi connectivity index (χ1v) is 8.47. The van der Waals surface area contributed by atoms with Crippen LogP contribution in [0.4, 0.5) is 0 Å². The molecule has 0 radical (unpaired) electrons. The van der Waals surface area contributed by atoms with Crippen molar-refractivity contribution in [2.45, 2.75) is 0 Å². The number of nitrogens with zero attached hydrogens (tertiary/aromatic N) is 3. The molecule has 0 saturated heterocycles. The number of ether oxygens (including phenoxy) is 1. The summed E-state index contributed by atoms with van der Waals surface area (Å²) in [5, 5.41) is 0. The predicted molar refractivity (Wildman–Crippen MR) is 100 cm³/mol. The molecule has 0 atom stereocenters. The number of carbonyl (C=O) groups excluding carboxylic acids is 5. The van der Waals surface area contributed by atoms with Crippen molar-refractivity contribution in [3.05, 3.63) is 40.3 Å². The Morgan fingerprint density at radius 2 is 1.59 bits per heavy atom. The number of carbonyl (C=O) groups is 5. The molecule has 0 spiro atoms. The van der Waals surface area contributed by atoms with Gasteiger partial charge in [0.05, 0.1) is 23.9 Å². The molecule has 1 N–H and O–H groups in total. The van der Waals surface area contributed by atoms with Gasteiger partial charge in [-0.05, 0) is 12.1 Å². The number of H-pyrrole nitrogens is 1. The Balaban J connectivity index is 2.38. The molecule has 0 unspecified atom stereocenters. The van der Waals surface area contributed by atoms with Crippen LogP contribution in [0.2, 0.25) is 0 Å². The number of methoxy groups -OCH3 is 1. The summed E-state index contributed by atoms with van der Waals surface area (Å²) in [6.45, 7) is 0. The van der Waals surface area contributed by atoms with E-state index in [1.165, 1.54) is 57.2 Å². The van der Waals surface area contributed by atoms with Crippen LogP contribution in [0.3, 0.4) is 0 Å². The number of nitrogens with one attached hydrogen (secondary N) is 1. The van der Waals surface area contributed by atoms with Gasteiger partial charge in [-0.3, -0.25) is 19.2 Å². The summed E-state index contributed by atoms with van der Waals surface area (Å²) >= 11 is 0. The SMILES string of the molecule is COC(=O)c1cc2c([nH]1)-c1c(C(=O)N(C)C)cc(C(=O)N(C)C)nc1C(=O)C2=O. The lowest BCUT2D eigenvalue weighted by molar-refractivity contribution is 0.0594. The Hall–Kier alpha value is -3.82. The van der Waals surface area contributed by atoms with E-state index in [9.17, 15) is 24.0 Å². The van der Waals surface area contributed by atoms with Crippen molar-refractivity contribution in [1.29, 1.82) is 0 Å². The Morgan fingerprint density at radius 1 is 0.966 bits per heavy atom. The molecule has 2 amide bonds. The summed E-state index contributed by atoms with van der Waals surface area (Å²) in [5.74, 6) is -3.64. The largest absolute Gasteiger partial charge is 0.464 e. The molecule has 0 saturated carbocycles. The lowest BCUT2D eigenvalue weighted by Crippen LogP contribution is -2.30. The first kappa shape index (κ1) is 19.9. The van der Waals surface area contributed by atoms with Gasteiger partial charge in [0.2, 0.25) is 5.78 Å². The maximum Gasteiger partial charge on any atom is 0.354 e. The fourth-order valence-corrected chi connectivity index (χ4v) is 2.99. The average Bonchev–Trinajstić information content (AvgIpc) is 3.14. The van der Waals surface area contributed by atoms with E-state index in [4.69, 9.17) is 0 Å². The molecular weight excluding hydrogens is 380 g/mol. The van der Waals surface area contributed by atoms with Gasteiger partial charge < -0.3 is 19.5 Å².